The van der Waals surface area contributed by atoms with Gasteiger partial charge in [-0.25, -0.2) is 5.43 Å². The van der Waals surface area contributed by atoms with Gasteiger partial charge in [0.15, 0.2) is 0 Å². The van der Waals surface area contributed by atoms with Crippen molar-refractivity contribution < 1.29 is 17.4 Å². The highest BCUT2D eigenvalue weighted by molar-refractivity contribution is 7.87. The summed E-state index contributed by atoms with van der Waals surface area (Å²) in [4.78, 5) is 12.0. The monoisotopic (exact) mass is 436 g/mol. The van der Waals surface area contributed by atoms with Gasteiger partial charge < -0.3 is 4.18 Å². The first-order valence-corrected chi connectivity index (χ1v) is 11.3. The zero-order valence-electron chi connectivity index (χ0n) is 17.2. The van der Waals surface area contributed by atoms with Gasteiger partial charge in [0, 0.05) is 6.42 Å². The second kappa shape index (κ2) is 10.5. The molecule has 1 N–H and O–H groups in total. The molecule has 160 valence electrons. The summed E-state index contributed by atoms with van der Waals surface area (Å²) < 4.78 is 29.8. The average Bonchev–Trinajstić information content (AvgIpc) is 2.76. The van der Waals surface area contributed by atoms with Gasteiger partial charge in [-0.3, -0.25) is 4.79 Å². The molecule has 0 spiro atoms. The second-order valence-electron chi connectivity index (χ2n) is 7.05. The summed E-state index contributed by atoms with van der Waals surface area (Å²) in [5.41, 5.74) is 5.36. The Morgan fingerprint density at radius 3 is 2.32 bits per heavy atom. The van der Waals surface area contributed by atoms with Gasteiger partial charge in [-0.15, -0.1) is 0 Å². The molecule has 1 amide bonds. The maximum Gasteiger partial charge on any atom is 0.339 e. The Kier molecular flexibility index (Phi) is 7.56. The summed E-state index contributed by atoms with van der Waals surface area (Å²) in [5.74, 6) is 0.0407. The number of amides is 1. The summed E-state index contributed by atoms with van der Waals surface area (Å²) in [5, 5.41) is 3.94. The standard InChI is InChI=1S/C24H24N2O4S/c1-19-10-16-23(17-11-19)31(28,29)30-22-14-12-21(13-15-22)18-25-26-24(27)9-5-8-20-6-3-2-4-7-20/h2-4,6-7,10-18H,5,8-9H2,1H3,(H,26,27)/b25-18+. The Hall–Kier alpha value is -3.45. The molecule has 3 aromatic rings. The van der Waals surface area contributed by atoms with Crippen molar-refractivity contribution >= 4 is 22.2 Å². The van der Waals surface area contributed by atoms with Gasteiger partial charge in [-0.1, -0.05) is 48.0 Å². The van der Waals surface area contributed by atoms with E-state index in [9.17, 15) is 13.2 Å². The zero-order valence-corrected chi connectivity index (χ0v) is 18.0. The highest BCUT2D eigenvalue weighted by Crippen LogP contribution is 2.19. The normalized spacial score (nSPS) is 11.4. The van der Waals surface area contributed by atoms with E-state index in [0.717, 1.165) is 18.4 Å². The minimum Gasteiger partial charge on any atom is -0.379 e. The largest absolute Gasteiger partial charge is 0.379 e. The fraction of sp³-hybridized carbons (Fsp3) is 0.167. The number of aryl methyl sites for hydroxylation is 2. The predicted molar refractivity (Wildman–Crippen MR) is 121 cm³/mol. The predicted octanol–water partition coefficient (Wildman–Crippen LogP) is 4.24. The SMILES string of the molecule is Cc1ccc(S(=O)(=O)Oc2ccc(/C=N/NC(=O)CCCc3ccccc3)cc2)cc1. The van der Waals surface area contributed by atoms with Crippen LogP contribution in [-0.2, 0) is 21.3 Å². The molecule has 31 heavy (non-hydrogen) atoms. The fourth-order valence-electron chi connectivity index (χ4n) is 2.82. The lowest BCUT2D eigenvalue weighted by Crippen LogP contribution is -2.17. The molecule has 0 saturated heterocycles. The van der Waals surface area contributed by atoms with E-state index in [0.29, 0.717) is 12.0 Å². The third-order valence-corrected chi connectivity index (χ3v) is 5.77. The van der Waals surface area contributed by atoms with Crippen LogP contribution in [0.25, 0.3) is 0 Å². The third-order valence-electron chi connectivity index (χ3n) is 4.51. The van der Waals surface area contributed by atoms with Crippen LogP contribution in [0.15, 0.2) is 88.9 Å². The zero-order chi connectivity index (χ0) is 22.1. The Morgan fingerprint density at radius 2 is 1.65 bits per heavy atom. The number of hydrogen-bond acceptors (Lipinski definition) is 5. The van der Waals surface area contributed by atoms with E-state index in [1.165, 1.54) is 36.0 Å². The summed E-state index contributed by atoms with van der Waals surface area (Å²) in [6.45, 7) is 1.88. The molecule has 0 aliphatic rings. The smallest absolute Gasteiger partial charge is 0.339 e. The Morgan fingerprint density at radius 1 is 0.968 bits per heavy atom. The van der Waals surface area contributed by atoms with Gasteiger partial charge in [0.25, 0.3) is 0 Å². The molecule has 6 nitrogen and oxygen atoms in total. The van der Waals surface area contributed by atoms with E-state index in [-0.39, 0.29) is 16.6 Å². The first-order chi connectivity index (χ1) is 14.9. The van der Waals surface area contributed by atoms with Crippen LogP contribution in [0.5, 0.6) is 5.75 Å². The summed E-state index contributed by atoms with van der Waals surface area (Å²) in [7, 11) is -3.89. The van der Waals surface area contributed by atoms with Crippen LogP contribution in [0.4, 0.5) is 0 Å². The summed E-state index contributed by atoms with van der Waals surface area (Å²) >= 11 is 0. The lowest BCUT2D eigenvalue weighted by atomic mass is 10.1. The van der Waals surface area contributed by atoms with Crippen LogP contribution in [0.1, 0.15) is 29.5 Å². The molecule has 0 atom stereocenters. The van der Waals surface area contributed by atoms with Gasteiger partial charge in [-0.05, 0) is 67.3 Å². The van der Waals surface area contributed by atoms with Crippen molar-refractivity contribution in [1.29, 1.82) is 0 Å². The topological polar surface area (TPSA) is 84.8 Å². The van der Waals surface area contributed by atoms with Crippen LogP contribution in [0.3, 0.4) is 0 Å². The number of hydrogen-bond donors (Lipinski definition) is 1. The number of nitrogens with one attached hydrogen (secondary N) is 1. The average molecular weight is 437 g/mol. The van der Waals surface area contributed by atoms with E-state index in [2.05, 4.69) is 10.5 Å². The molecule has 0 aliphatic heterocycles. The first kappa shape index (κ1) is 22.2. The lowest BCUT2D eigenvalue weighted by Gasteiger charge is -2.07. The molecular formula is C24H24N2O4S. The number of carbonyl (C=O) groups is 1. The summed E-state index contributed by atoms with van der Waals surface area (Å²) in [6.07, 6.45) is 3.46. The van der Waals surface area contributed by atoms with E-state index in [4.69, 9.17) is 4.18 Å². The molecular weight excluding hydrogens is 412 g/mol. The molecule has 0 fully saturated rings. The highest BCUT2D eigenvalue weighted by atomic mass is 32.2. The lowest BCUT2D eigenvalue weighted by molar-refractivity contribution is -0.121. The van der Waals surface area contributed by atoms with Crippen LogP contribution >= 0.6 is 0 Å². The van der Waals surface area contributed by atoms with Crippen molar-refractivity contribution in [2.24, 2.45) is 5.10 Å². The van der Waals surface area contributed by atoms with Gasteiger partial charge in [0.2, 0.25) is 5.91 Å². The van der Waals surface area contributed by atoms with E-state index in [1.54, 1.807) is 24.3 Å². The number of hydrazone groups is 1. The molecule has 3 rings (SSSR count). The van der Waals surface area contributed by atoms with Crippen LogP contribution in [-0.4, -0.2) is 20.5 Å². The molecule has 0 heterocycles. The van der Waals surface area contributed by atoms with E-state index in [1.807, 2.05) is 37.3 Å². The maximum absolute atomic E-state index is 12.3. The van der Waals surface area contributed by atoms with E-state index >= 15 is 0 Å². The number of benzene rings is 3. The molecule has 0 aromatic heterocycles. The van der Waals surface area contributed by atoms with Crippen LogP contribution in [0, 0.1) is 6.92 Å². The Balaban J connectivity index is 1.46. The van der Waals surface area contributed by atoms with Crippen molar-refractivity contribution in [1.82, 2.24) is 5.43 Å². The minimum absolute atomic E-state index is 0.0960. The summed E-state index contributed by atoms with van der Waals surface area (Å²) in [6, 6.07) is 22.8. The third kappa shape index (κ3) is 7.08. The molecule has 0 radical (unpaired) electrons. The molecule has 0 bridgehead atoms. The Bertz CT molecular complexity index is 1120. The van der Waals surface area contributed by atoms with Crippen LogP contribution < -0.4 is 9.61 Å². The molecule has 0 saturated carbocycles. The maximum atomic E-state index is 12.3. The van der Waals surface area contributed by atoms with Crippen LogP contribution in [0.2, 0.25) is 0 Å². The number of carbonyl (C=O) groups excluding carboxylic acids is 1. The van der Waals surface area contributed by atoms with Crippen molar-refractivity contribution in [3.63, 3.8) is 0 Å². The number of nitrogens with zero attached hydrogens (tertiary/aromatic N) is 1. The highest BCUT2D eigenvalue weighted by Gasteiger charge is 2.16. The molecule has 0 unspecified atom stereocenters. The van der Waals surface area contributed by atoms with E-state index < -0.39 is 10.1 Å². The van der Waals surface area contributed by atoms with Gasteiger partial charge >= 0.3 is 10.1 Å². The number of rotatable bonds is 9. The molecule has 0 aliphatic carbocycles. The van der Waals surface area contributed by atoms with Crippen molar-refractivity contribution in [2.75, 3.05) is 0 Å². The molecule has 3 aromatic carbocycles. The van der Waals surface area contributed by atoms with Crippen molar-refractivity contribution in [3.05, 3.63) is 95.6 Å². The van der Waals surface area contributed by atoms with Crippen molar-refractivity contribution in [3.8, 4) is 5.75 Å². The Labute approximate surface area is 182 Å². The van der Waals surface area contributed by atoms with Gasteiger partial charge in [0.05, 0.1) is 6.21 Å². The first-order valence-electron chi connectivity index (χ1n) is 9.89. The second-order valence-corrected chi connectivity index (χ2v) is 8.60. The fourth-order valence-corrected chi connectivity index (χ4v) is 3.75. The van der Waals surface area contributed by atoms with Gasteiger partial charge in [0.1, 0.15) is 10.6 Å². The van der Waals surface area contributed by atoms with Crippen molar-refractivity contribution in [2.45, 2.75) is 31.1 Å². The minimum atomic E-state index is -3.89. The molecule has 7 heteroatoms. The van der Waals surface area contributed by atoms with Gasteiger partial charge in [-0.2, -0.15) is 13.5 Å². The quantitative estimate of drug-likeness (QED) is 0.309.